The maximum Gasteiger partial charge on any atom is 0.219 e. The third-order valence-electron chi connectivity index (χ3n) is 6.30. The van der Waals surface area contributed by atoms with Gasteiger partial charge >= 0.3 is 0 Å². The number of fused-ring (bicyclic) bond motifs is 1. The highest BCUT2D eigenvalue weighted by atomic mass is 35.5. The van der Waals surface area contributed by atoms with Crippen molar-refractivity contribution in [1.82, 2.24) is 0 Å². The van der Waals surface area contributed by atoms with Crippen molar-refractivity contribution in [3.05, 3.63) is 46.2 Å². The van der Waals surface area contributed by atoms with E-state index in [4.69, 9.17) is 16.3 Å². The molecule has 0 unspecified atom stereocenters. The fraction of sp³-hybridized carbons (Fsp3) is 0.565. The van der Waals surface area contributed by atoms with Crippen molar-refractivity contribution < 1.29 is 19.4 Å². The Bertz CT molecular complexity index is 898. The molecule has 1 N–H and O–H groups in total. The van der Waals surface area contributed by atoms with E-state index < -0.39 is 23.0 Å². The highest BCUT2D eigenvalue weighted by Gasteiger charge is 2.61. The molecule has 1 aliphatic heterocycles. The molecule has 2 aliphatic carbocycles. The summed E-state index contributed by atoms with van der Waals surface area (Å²) in [6.07, 6.45) is 1.65. The van der Waals surface area contributed by atoms with Gasteiger partial charge in [0.25, 0.3) is 0 Å². The molecule has 0 bridgehead atoms. The number of Topliss-reactive ketones (excluding diaryl/α,β-unsaturated/α-hetero) is 2. The van der Waals surface area contributed by atoms with E-state index in [1.54, 1.807) is 6.07 Å². The van der Waals surface area contributed by atoms with Crippen molar-refractivity contribution >= 4 is 23.2 Å². The van der Waals surface area contributed by atoms with Gasteiger partial charge in [0.05, 0.1) is 5.92 Å². The van der Waals surface area contributed by atoms with Gasteiger partial charge in [-0.3, -0.25) is 9.59 Å². The Balaban J connectivity index is 1.95. The molecule has 5 heteroatoms. The lowest BCUT2D eigenvalue weighted by Gasteiger charge is -2.53. The first-order valence-electron chi connectivity index (χ1n) is 9.87. The molecular formula is C23H27ClO4. The number of ether oxygens (including phenoxy) is 1. The van der Waals surface area contributed by atoms with Crippen LogP contribution in [0.5, 0.6) is 0 Å². The first-order chi connectivity index (χ1) is 12.9. The molecule has 4 nitrogen and oxygen atoms in total. The predicted octanol–water partition coefficient (Wildman–Crippen LogP) is 4.79. The quantitative estimate of drug-likeness (QED) is 0.733. The number of rotatable bonds is 1. The van der Waals surface area contributed by atoms with Gasteiger partial charge in [-0.25, -0.2) is 0 Å². The van der Waals surface area contributed by atoms with Crippen molar-refractivity contribution in [2.45, 2.75) is 65.1 Å². The average Bonchev–Trinajstić information content (AvgIpc) is 2.52. The summed E-state index contributed by atoms with van der Waals surface area (Å²) in [5, 5.41) is 12.1. The van der Waals surface area contributed by atoms with Gasteiger partial charge in [-0.2, -0.15) is 0 Å². The Labute approximate surface area is 170 Å². The summed E-state index contributed by atoms with van der Waals surface area (Å²) in [5.74, 6) is -2.81. The van der Waals surface area contributed by atoms with E-state index in [-0.39, 0.29) is 22.7 Å². The third-order valence-corrected chi connectivity index (χ3v) is 6.64. The van der Waals surface area contributed by atoms with Crippen LogP contribution < -0.4 is 0 Å². The van der Waals surface area contributed by atoms with Gasteiger partial charge in [0, 0.05) is 30.2 Å². The summed E-state index contributed by atoms with van der Waals surface area (Å²) in [6, 6.07) is 7.40. The van der Waals surface area contributed by atoms with E-state index in [2.05, 4.69) is 0 Å². The van der Waals surface area contributed by atoms with Crippen LogP contribution in [0.4, 0.5) is 0 Å². The molecule has 3 atom stereocenters. The minimum absolute atomic E-state index is 0.0361. The Kier molecular flexibility index (Phi) is 4.33. The first-order valence-corrected chi connectivity index (χ1v) is 10.3. The van der Waals surface area contributed by atoms with Crippen molar-refractivity contribution in [3.63, 3.8) is 0 Å². The van der Waals surface area contributed by atoms with E-state index in [0.29, 0.717) is 30.7 Å². The molecular weight excluding hydrogens is 376 g/mol. The first kappa shape index (κ1) is 19.7. The lowest BCUT2D eigenvalue weighted by molar-refractivity contribution is -0.251. The maximum atomic E-state index is 13.3. The standard InChI is InChI=1S/C23H27ClO4/c1-21(2)9-14-18(13-7-5-6-8-15(13)24)19-16(25)10-22(3,4)12-23(19,27)28-20(14)17(26)11-21/h5-8,18-19,27H,9-12H2,1-4H3/t18-,19+,23+/m1/s1. The lowest BCUT2D eigenvalue weighted by Crippen LogP contribution is -2.58. The molecule has 1 aromatic carbocycles. The number of benzene rings is 1. The molecule has 0 aromatic heterocycles. The van der Waals surface area contributed by atoms with Gasteiger partial charge in [-0.1, -0.05) is 57.5 Å². The van der Waals surface area contributed by atoms with E-state index in [0.717, 1.165) is 11.1 Å². The van der Waals surface area contributed by atoms with Crippen LogP contribution in [0.1, 0.15) is 64.9 Å². The monoisotopic (exact) mass is 402 g/mol. The van der Waals surface area contributed by atoms with Crippen molar-refractivity contribution in [1.29, 1.82) is 0 Å². The second-order valence-electron chi connectivity index (χ2n) is 10.2. The normalized spacial score (nSPS) is 33.8. The SMILES string of the molecule is CC1(C)CC(=O)C2=C(C1)[C@@H](c1ccccc1Cl)[C@@H]1C(=O)CC(C)(C)C[C@]1(O)O2. The van der Waals surface area contributed by atoms with Crippen LogP contribution in [0.15, 0.2) is 35.6 Å². The Morgan fingerprint density at radius 3 is 2.39 bits per heavy atom. The zero-order chi connectivity index (χ0) is 20.5. The Hall–Kier alpha value is -1.65. The number of hydrogen-bond acceptors (Lipinski definition) is 4. The van der Waals surface area contributed by atoms with Gasteiger partial charge in [0.15, 0.2) is 11.5 Å². The average molecular weight is 403 g/mol. The van der Waals surface area contributed by atoms with Crippen molar-refractivity contribution in [2.75, 3.05) is 0 Å². The highest BCUT2D eigenvalue weighted by Crippen LogP contribution is 2.58. The molecule has 1 fully saturated rings. The van der Waals surface area contributed by atoms with E-state index in [1.807, 2.05) is 45.9 Å². The molecule has 1 saturated carbocycles. The molecule has 28 heavy (non-hydrogen) atoms. The van der Waals surface area contributed by atoms with Crippen molar-refractivity contribution in [2.24, 2.45) is 16.7 Å². The summed E-state index contributed by atoms with van der Waals surface area (Å²) in [7, 11) is 0. The predicted molar refractivity (Wildman–Crippen MR) is 107 cm³/mol. The van der Waals surface area contributed by atoms with Crippen LogP contribution in [0, 0.1) is 16.7 Å². The molecule has 0 saturated heterocycles. The van der Waals surface area contributed by atoms with Crippen LogP contribution in [-0.2, 0) is 14.3 Å². The van der Waals surface area contributed by atoms with Gasteiger partial charge in [0.1, 0.15) is 5.78 Å². The van der Waals surface area contributed by atoms with E-state index >= 15 is 0 Å². The van der Waals surface area contributed by atoms with E-state index in [1.165, 1.54) is 0 Å². The fourth-order valence-electron chi connectivity index (χ4n) is 5.44. The topological polar surface area (TPSA) is 63.6 Å². The van der Waals surface area contributed by atoms with Crippen molar-refractivity contribution in [3.8, 4) is 0 Å². The molecule has 1 heterocycles. The minimum Gasteiger partial charge on any atom is -0.458 e. The van der Waals surface area contributed by atoms with Crippen LogP contribution >= 0.6 is 11.6 Å². The molecule has 0 spiro atoms. The van der Waals surface area contributed by atoms with Gasteiger partial charge < -0.3 is 9.84 Å². The van der Waals surface area contributed by atoms with Crippen LogP contribution in [-0.4, -0.2) is 22.5 Å². The number of hydrogen-bond donors (Lipinski definition) is 1. The zero-order valence-corrected chi connectivity index (χ0v) is 17.6. The minimum atomic E-state index is -1.70. The summed E-state index contributed by atoms with van der Waals surface area (Å²) >= 11 is 6.54. The van der Waals surface area contributed by atoms with Gasteiger partial charge in [-0.15, -0.1) is 0 Å². The number of halogens is 1. The molecule has 3 aliphatic rings. The van der Waals surface area contributed by atoms with Crippen LogP contribution in [0.2, 0.25) is 5.02 Å². The highest BCUT2D eigenvalue weighted by molar-refractivity contribution is 6.31. The van der Waals surface area contributed by atoms with Gasteiger partial charge in [-0.05, 0) is 34.5 Å². The van der Waals surface area contributed by atoms with Crippen LogP contribution in [0.25, 0.3) is 0 Å². The molecule has 0 amide bonds. The molecule has 150 valence electrons. The Morgan fingerprint density at radius 2 is 1.71 bits per heavy atom. The largest absolute Gasteiger partial charge is 0.458 e. The lowest BCUT2D eigenvalue weighted by atomic mass is 9.58. The number of aliphatic hydroxyl groups is 1. The molecule has 4 rings (SSSR count). The van der Waals surface area contributed by atoms with Gasteiger partial charge in [0.2, 0.25) is 5.79 Å². The number of allylic oxidation sites excluding steroid dienone is 2. The number of carbonyl (C=O) groups is 2. The maximum absolute atomic E-state index is 13.3. The summed E-state index contributed by atoms with van der Waals surface area (Å²) < 4.78 is 6.01. The number of carbonyl (C=O) groups excluding carboxylic acids is 2. The smallest absolute Gasteiger partial charge is 0.219 e. The fourth-order valence-corrected chi connectivity index (χ4v) is 5.69. The summed E-state index contributed by atoms with van der Waals surface area (Å²) in [4.78, 5) is 26.2. The summed E-state index contributed by atoms with van der Waals surface area (Å²) in [6.45, 7) is 7.99. The third kappa shape index (κ3) is 3.11. The zero-order valence-electron chi connectivity index (χ0n) is 16.8. The van der Waals surface area contributed by atoms with Crippen LogP contribution in [0.3, 0.4) is 0 Å². The molecule has 1 aromatic rings. The van der Waals surface area contributed by atoms with E-state index in [9.17, 15) is 14.7 Å². The second-order valence-corrected chi connectivity index (χ2v) is 10.6. The second kappa shape index (κ2) is 6.17. The Morgan fingerprint density at radius 1 is 1.04 bits per heavy atom. The summed E-state index contributed by atoms with van der Waals surface area (Å²) in [5.41, 5.74) is 0.951. The number of ketones is 2. The molecule has 0 radical (unpaired) electrons.